The highest BCUT2D eigenvalue weighted by molar-refractivity contribution is 7.89. The van der Waals surface area contributed by atoms with Crippen LogP contribution in [0.25, 0.3) is 0 Å². The van der Waals surface area contributed by atoms with Crippen LogP contribution in [-0.4, -0.2) is 33.7 Å². The fourth-order valence-corrected chi connectivity index (χ4v) is 3.80. The molecule has 6 nitrogen and oxygen atoms in total. The molecule has 0 radical (unpaired) electrons. The van der Waals surface area contributed by atoms with Crippen molar-refractivity contribution in [3.05, 3.63) is 59.4 Å². The molecule has 2 aromatic carbocycles. The molecule has 0 aliphatic carbocycles. The summed E-state index contributed by atoms with van der Waals surface area (Å²) in [6.07, 6.45) is -1.29. The maximum Gasteiger partial charge on any atom is 0.414 e. The highest BCUT2D eigenvalue weighted by Gasteiger charge is 2.33. The van der Waals surface area contributed by atoms with Gasteiger partial charge in [-0.25, -0.2) is 22.3 Å². The molecule has 8 heteroatoms. The number of nitrogens with one attached hydrogen (secondary N) is 1. The van der Waals surface area contributed by atoms with Gasteiger partial charge < -0.3 is 4.74 Å². The summed E-state index contributed by atoms with van der Waals surface area (Å²) >= 11 is 0. The van der Waals surface area contributed by atoms with Gasteiger partial charge >= 0.3 is 6.09 Å². The molecule has 2 aromatic rings. The number of anilines is 1. The van der Waals surface area contributed by atoms with E-state index in [-0.39, 0.29) is 18.0 Å². The van der Waals surface area contributed by atoms with E-state index in [1.54, 1.807) is 18.2 Å². The summed E-state index contributed by atoms with van der Waals surface area (Å²) in [5.74, 6) is -0.464. The molecule has 1 aliphatic heterocycles. The molecule has 1 atom stereocenters. The Morgan fingerprint density at radius 3 is 2.65 bits per heavy atom. The maximum atomic E-state index is 13.3. The number of amides is 1. The van der Waals surface area contributed by atoms with Crippen molar-refractivity contribution in [2.75, 3.05) is 18.0 Å². The van der Waals surface area contributed by atoms with Gasteiger partial charge in [-0.1, -0.05) is 12.1 Å². The zero-order valence-corrected chi connectivity index (χ0v) is 15.2. The molecule has 0 aromatic heterocycles. The Hall–Kier alpha value is -2.45. The molecule has 0 spiro atoms. The predicted octanol–water partition coefficient (Wildman–Crippen LogP) is 2.75. The largest absolute Gasteiger partial charge is 0.443 e. The molecule has 1 heterocycles. The topological polar surface area (TPSA) is 75.7 Å². The molecule has 1 aliphatic rings. The normalized spacial score (nSPS) is 17.4. The summed E-state index contributed by atoms with van der Waals surface area (Å²) in [6.45, 7) is 3.81. The van der Waals surface area contributed by atoms with Crippen LogP contribution < -0.4 is 9.62 Å². The van der Waals surface area contributed by atoms with E-state index < -0.39 is 28.0 Å². The van der Waals surface area contributed by atoms with Gasteiger partial charge in [0.15, 0.2) is 0 Å². The Balaban J connectivity index is 1.66. The number of hydrogen-bond donors (Lipinski definition) is 1. The number of aryl methyl sites for hydroxylation is 2. The molecule has 26 heavy (non-hydrogen) atoms. The van der Waals surface area contributed by atoms with E-state index in [0.29, 0.717) is 5.69 Å². The van der Waals surface area contributed by atoms with Crippen molar-refractivity contribution >= 4 is 21.8 Å². The van der Waals surface area contributed by atoms with Crippen molar-refractivity contribution in [1.29, 1.82) is 0 Å². The van der Waals surface area contributed by atoms with Crippen molar-refractivity contribution < 1.29 is 22.3 Å². The lowest BCUT2D eigenvalue weighted by atomic mass is 10.1. The lowest BCUT2D eigenvalue weighted by molar-refractivity contribution is 0.143. The second-order valence-corrected chi connectivity index (χ2v) is 7.96. The zero-order valence-electron chi connectivity index (χ0n) is 14.4. The van der Waals surface area contributed by atoms with E-state index in [2.05, 4.69) is 4.72 Å². The van der Waals surface area contributed by atoms with Crippen LogP contribution in [0.4, 0.5) is 14.9 Å². The summed E-state index contributed by atoms with van der Waals surface area (Å²) in [6, 6.07) is 10.5. The van der Waals surface area contributed by atoms with Crippen LogP contribution in [0.1, 0.15) is 11.1 Å². The Labute approximate surface area is 151 Å². The number of cyclic esters (lactones) is 1. The first-order valence-corrected chi connectivity index (χ1v) is 9.55. The summed E-state index contributed by atoms with van der Waals surface area (Å²) in [5, 5.41) is 0. The van der Waals surface area contributed by atoms with Gasteiger partial charge in [-0.3, -0.25) is 4.90 Å². The summed E-state index contributed by atoms with van der Waals surface area (Å²) < 4.78 is 45.8. The minimum Gasteiger partial charge on any atom is -0.443 e. The van der Waals surface area contributed by atoms with Gasteiger partial charge in [0, 0.05) is 6.54 Å². The molecule has 3 rings (SSSR count). The Kier molecular flexibility index (Phi) is 4.97. The lowest BCUT2D eigenvalue weighted by Gasteiger charge is -2.13. The summed E-state index contributed by atoms with van der Waals surface area (Å²) in [7, 11) is -3.71. The first kappa shape index (κ1) is 18.3. The molecular formula is C18H19FN2O4S. The number of halogens is 1. The third kappa shape index (κ3) is 3.86. The van der Waals surface area contributed by atoms with Crippen LogP contribution in [0, 0.1) is 19.7 Å². The SMILES string of the molecule is Cc1ccc(S(=O)(=O)NCC2CN(c3cccc(F)c3)C(=O)O2)cc1C. The zero-order chi connectivity index (χ0) is 18.9. The van der Waals surface area contributed by atoms with Crippen LogP contribution in [0.3, 0.4) is 0 Å². The molecule has 0 bridgehead atoms. The van der Waals surface area contributed by atoms with Crippen LogP contribution in [0.2, 0.25) is 0 Å². The Morgan fingerprint density at radius 2 is 1.96 bits per heavy atom. The second-order valence-electron chi connectivity index (χ2n) is 6.19. The monoisotopic (exact) mass is 378 g/mol. The number of nitrogens with zero attached hydrogens (tertiary/aromatic N) is 1. The number of carbonyl (C=O) groups is 1. The molecule has 1 fully saturated rings. The van der Waals surface area contributed by atoms with Crippen LogP contribution in [0.5, 0.6) is 0 Å². The van der Waals surface area contributed by atoms with Gasteiger partial charge in [0.2, 0.25) is 10.0 Å². The number of sulfonamides is 1. The van der Waals surface area contributed by atoms with E-state index in [1.807, 2.05) is 13.8 Å². The minimum absolute atomic E-state index is 0.0627. The second kappa shape index (κ2) is 7.05. The number of benzene rings is 2. The van der Waals surface area contributed by atoms with Gasteiger partial charge in [0.25, 0.3) is 0 Å². The van der Waals surface area contributed by atoms with Crippen LogP contribution >= 0.6 is 0 Å². The van der Waals surface area contributed by atoms with Crippen LogP contribution in [0.15, 0.2) is 47.4 Å². The van der Waals surface area contributed by atoms with E-state index in [0.717, 1.165) is 11.1 Å². The molecular weight excluding hydrogens is 359 g/mol. The molecule has 138 valence electrons. The average Bonchev–Trinajstić information content (AvgIpc) is 2.96. The standard InChI is InChI=1S/C18H19FN2O4S/c1-12-6-7-17(8-13(12)2)26(23,24)20-10-16-11-21(18(22)25-16)15-5-3-4-14(19)9-15/h3-9,16,20H,10-11H2,1-2H3. The van der Waals surface area contributed by atoms with E-state index in [9.17, 15) is 17.6 Å². The molecule has 1 saturated heterocycles. The van der Waals surface area contributed by atoms with Crippen molar-refractivity contribution in [1.82, 2.24) is 4.72 Å². The fourth-order valence-electron chi connectivity index (χ4n) is 2.65. The van der Waals surface area contributed by atoms with Crippen molar-refractivity contribution in [2.45, 2.75) is 24.8 Å². The molecule has 0 saturated carbocycles. The maximum absolute atomic E-state index is 13.3. The Morgan fingerprint density at radius 1 is 1.19 bits per heavy atom. The average molecular weight is 378 g/mol. The Bertz CT molecular complexity index is 946. The lowest BCUT2D eigenvalue weighted by Crippen LogP contribution is -2.34. The third-order valence-corrected chi connectivity index (χ3v) is 5.70. The number of rotatable bonds is 5. The van der Waals surface area contributed by atoms with E-state index in [1.165, 1.54) is 29.2 Å². The molecule has 1 unspecified atom stereocenters. The fraction of sp³-hybridized carbons (Fsp3) is 0.278. The smallest absolute Gasteiger partial charge is 0.414 e. The number of carbonyl (C=O) groups excluding carboxylic acids is 1. The van der Waals surface area contributed by atoms with Crippen LogP contribution in [-0.2, 0) is 14.8 Å². The summed E-state index contributed by atoms with van der Waals surface area (Å²) in [4.78, 5) is 13.4. The third-order valence-electron chi connectivity index (χ3n) is 4.28. The number of ether oxygens (including phenoxy) is 1. The highest BCUT2D eigenvalue weighted by Crippen LogP contribution is 2.22. The van der Waals surface area contributed by atoms with Crippen molar-refractivity contribution in [3.8, 4) is 0 Å². The van der Waals surface area contributed by atoms with E-state index in [4.69, 9.17) is 4.74 Å². The van der Waals surface area contributed by atoms with Gasteiger partial charge in [-0.15, -0.1) is 0 Å². The first-order valence-electron chi connectivity index (χ1n) is 8.07. The van der Waals surface area contributed by atoms with Crippen molar-refractivity contribution in [2.24, 2.45) is 0 Å². The van der Waals surface area contributed by atoms with Gasteiger partial charge in [-0.05, 0) is 55.3 Å². The molecule has 1 N–H and O–H groups in total. The number of hydrogen-bond acceptors (Lipinski definition) is 4. The quantitative estimate of drug-likeness (QED) is 0.868. The van der Waals surface area contributed by atoms with Crippen molar-refractivity contribution in [3.63, 3.8) is 0 Å². The molecule has 1 amide bonds. The predicted molar refractivity (Wildman–Crippen MR) is 95.1 cm³/mol. The highest BCUT2D eigenvalue weighted by atomic mass is 32.2. The summed E-state index contributed by atoms with van der Waals surface area (Å²) in [5.41, 5.74) is 2.24. The first-order chi connectivity index (χ1) is 12.3. The van der Waals surface area contributed by atoms with Gasteiger partial charge in [0.05, 0.1) is 17.1 Å². The van der Waals surface area contributed by atoms with Gasteiger partial charge in [-0.2, -0.15) is 0 Å². The van der Waals surface area contributed by atoms with E-state index >= 15 is 0 Å². The van der Waals surface area contributed by atoms with Gasteiger partial charge in [0.1, 0.15) is 11.9 Å². The minimum atomic E-state index is -3.71.